The second kappa shape index (κ2) is 16.3. The van der Waals surface area contributed by atoms with Gasteiger partial charge in [-0.2, -0.15) is 0 Å². The second-order valence-electron chi connectivity index (χ2n) is 14.0. The van der Waals surface area contributed by atoms with Crippen molar-refractivity contribution in [1.82, 2.24) is 0 Å². The second-order valence-corrected chi connectivity index (χ2v) is 20.3. The van der Waals surface area contributed by atoms with Crippen molar-refractivity contribution >= 4 is 14.6 Å². The molecular weight excluding hydrogens is 707 g/mol. The maximum absolute atomic E-state index is 2.77. The van der Waals surface area contributed by atoms with Gasteiger partial charge in [0.25, 0.3) is 0 Å². The minimum atomic E-state index is -2.77. The van der Waals surface area contributed by atoms with Crippen molar-refractivity contribution in [1.29, 1.82) is 0 Å². The van der Waals surface area contributed by atoms with Gasteiger partial charge < -0.3 is 24.8 Å². The summed E-state index contributed by atoms with van der Waals surface area (Å²) in [6.45, 7) is 18.6. The molecular formula is C43H50Cl2N2Zr. The van der Waals surface area contributed by atoms with Crippen molar-refractivity contribution in [3.8, 4) is 11.1 Å². The number of nitrogens with zero attached hydrogens (tertiary/aromatic N) is 2. The number of fused-ring (bicyclic) bond motifs is 3. The first-order chi connectivity index (χ1) is 22.2. The standard InChI is InChI=1S/C25H35N2.C13H10.C5H5.2ClH.Zr/c1-16(2)26(17(3)4)22-9-11-24-20(14-22)13-21-15-23(10-12-25(21)24)27(18(5)6)19(7)8;1-3-7-12(8-4-1)11-13-9-5-2-6-10-13;1-2-4-5-3-1;;;/h9-19H,1-8H3;1-10H;1-3H,4H2;2*1H;/q;;;;;+2/p-2. The Bertz CT molecular complexity index is 1660. The Morgan fingerprint density at radius 3 is 1.35 bits per heavy atom. The van der Waals surface area contributed by atoms with Crippen LogP contribution in [0.5, 0.6) is 0 Å². The first-order valence-electron chi connectivity index (χ1n) is 17.2. The van der Waals surface area contributed by atoms with Gasteiger partial charge in [-0.3, -0.25) is 0 Å². The molecule has 0 N–H and O–H groups in total. The van der Waals surface area contributed by atoms with Gasteiger partial charge >= 0.3 is 287 Å². The average Bonchev–Trinajstić information content (AvgIpc) is 3.66. The number of hydrogen-bond donors (Lipinski definition) is 0. The van der Waals surface area contributed by atoms with E-state index in [1.54, 1.807) is 6.49 Å². The first kappa shape index (κ1) is 38.1. The van der Waals surface area contributed by atoms with E-state index < -0.39 is 21.3 Å². The summed E-state index contributed by atoms with van der Waals surface area (Å²) >= 11 is -2.77. The fourth-order valence-corrected chi connectivity index (χ4v) is 17.0. The topological polar surface area (TPSA) is 6.48 Å². The molecule has 0 unspecified atom stereocenters. The summed E-state index contributed by atoms with van der Waals surface area (Å²) in [4.78, 5) is 5.17. The molecule has 0 spiro atoms. The molecule has 0 heterocycles. The molecule has 5 heteroatoms. The third kappa shape index (κ3) is 7.40. The fraction of sp³-hybridized carbons (Fsp3) is 0.326. The van der Waals surface area contributed by atoms with E-state index in [4.69, 9.17) is 0 Å². The van der Waals surface area contributed by atoms with Gasteiger partial charge in [0.2, 0.25) is 0 Å². The van der Waals surface area contributed by atoms with E-state index >= 15 is 0 Å². The van der Waals surface area contributed by atoms with Gasteiger partial charge in [0.15, 0.2) is 0 Å². The van der Waals surface area contributed by atoms with Crippen LogP contribution in [0.1, 0.15) is 87.7 Å². The first-order valence-corrected chi connectivity index (χ1v) is 21.1. The molecule has 0 saturated carbocycles. The molecule has 0 saturated heterocycles. The minimum absolute atomic E-state index is 0. The van der Waals surface area contributed by atoms with Gasteiger partial charge in [-0.1, -0.05) is 0 Å². The van der Waals surface area contributed by atoms with Crippen molar-refractivity contribution in [2.24, 2.45) is 0 Å². The van der Waals surface area contributed by atoms with Crippen molar-refractivity contribution in [2.45, 2.75) is 89.6 Å². The zero-order valence-corrected chi connectivity index (χ0v) is 33.7. The normalized spacial score (nSPS) is 13.1. The molecule has 0 atom stereocenters. The van der Waals surface area contributed by atoms with Crippen LogP contribution in [0.15, 0.2) is 119 Å². The van der Waals surface area contributed by atoms with E-state index in [0.717, 1.165) is 6.42 Å². The Balaban J connectivity index is 0.00000260. The summed E-state index contributed by atoms with van der Waals surface area (Å²) in [6.07, 6.45) is 8.24. The quantitative estimate of drug-likeness (QED) is 0.231. The van der Waals surface area contributed by atoms with Crippen LogP contribution in [-0.2, 0) is 21.3 Å². The van der Waals surface area contributed by atoms with E-state index in [1.165, 1.54) is 44.8 Å². The third-order valence-corrected chi connectivity index (χ3v) is 17.9. The summed E-state index contributed by atoms with van der Waals surface area (Å²) in [5.74, 6) is 0. The predicted octanol–water partition coefficient (Wildman–Crippen LogP) is 4.74. The van der Waals surface area contributed by atoms with Crippen LogP contribution in [0.2, 0.25) is 0 Å². The Kier molecular flexibility index (Phi) is 13.0. The molecule has 4 aromatic rings. The molecule has 4 aromatic carbocycles. The monoisotopic (exact) mass is 754 g/mol. The largest absolute Gasteiger partial charge is 1.00 e. The van der Waals surface area contributed by atoms with Crippen LogP contribution < -0.4 is 34.6 Å². The van der Waals surface area contributed by atoms with E-state index in [1.807, 2.05) is 0 Å². The molecule has 0 bridgehead atoms. The molecule has 2 aliphatic carbocycles. The molecule has 0 amide bonds. The summed E-state index contributed by atoms with van der Waals surface area (Å²) in [5.41, 5.74) is 11.4. The molecule has 250 valence electrons. The number of hydrogen-bond acceptors (Lipinski definition) is 2. The molecule has 0 fully saturated rings. The number of halogens is 2. The maximum Gasteiger partial charge on any atom is -1.00 e. The Morgan fingerprint density at radius 2 is 1.00 bits per heavy atom. The molecule has 0 aromatic heterocycles. The molecule has 2 aliphatic rings. The Hall–Kier alpha value is -2.71. The van der Waals surface area contributed by atoms with E-state index in [2.05, 4.69) is 180 Å². The van der Waals surface area contributed by atoms with Crippen LogP contribution in [0.3, 0.4) is 0 Å². The van der Waals surface area contributed by atoms with Gasteiger partial charge in [0, 0.05) is 0 Å². The number of anilines is 2. The van der Waals surface area contributed by atoms with Crippen molar-refractivity contribution in [3.63, 3.8) is 0 Å². The zero-order valence-electron chi connectivity index (χ0n) is 29.7. The maximum atomic E-state index is 2.59. The fourth-order valence-electron chi connectivity index (χ4n) is 8.08. The summed E-state index contributed by atoms with van der Waals surface area (Å²) in [5, 5.41) is 0. The molecule has 0 aliphatic heterocycles. The summed E-state index contributed by atoms with van der Waals surface area (Å²) in [6, 6.07) is 39.1. The van der Waals surface area contributed by atoms with Crippen LogP contribution >= 0.6 is 0 Å². The minimum Gasteiger partial charge on any atom is -1.00 e. The summed E-state index contributed by atoms with van der Waals surface area (Å²) in [7, 11) is 0. The van der Waals surface area contributed by atoms with Gasteiger partial charge in [-0.05, 0) is 0 Å². The van der Waals surface area contributed by atoms with E-state index in [-0.39, 0.29) is 24.8 Å². The molecule has 48 heavy (non-hydrogen) atoms. The Labute approximate surface area is 309 Å². The third-order valence-electron chi connectivity index (χ3n) is 9.60. The van der Waals surface area contributed by atoms with Gasteiger partial charge in [-0.15, -0.1) is 0 Å². The van der Waals surface area contributed by atoms with Crippen molar-refractivity contribution in [3.05, 3.63) is 141 Å². The van der Waals surface area contributed by atoms with Crippen LogP contribution in [0.25, 0.3) is 11.1 Å². The molecule has 6 rings (SSSR count). The number of rotatable bonds is 10. The number of allylic oxidation sites excluding steroid dienone is 4. The Morgan fingerprint density at radius 1 is 0.583 bits per heavy atom. The van der Waals surface area contributed by atoms with Crippen LogP contribution in [0, 0.1) is 0 Å². The van der Waals surface area contributed by atoms with Gasteiger partial charge in [0.1, 0.15) is 0 Å². The van der Waals surface area contributed by atoms with E-state index in [9.17, 15) is 0 Å². The van der Waals surface area contributed by atoms with Crippen molar-refractivity contribution in [2.75, 3.05) is 9.80 Å². The average molecular weight is 757 g/mol. The summed E-state index contributed by atoms with van der Waals surface area (Å²) < 4.78 is 3.65. The smallest absolute Gasteiger partial charge is 1.00 e. The van der Waals surface area contributed by atoms with Crippen molar-refractivity contribution < 1.29 is 46.1 Å². The van der Waals surface area contributed by atoms with Gasteiger partial charge in [-0.25, -0.2) is 0 Å². The van der Waals surface area contributed by atoms with Gasteiger partial charge in [0.05, 0.1) is 0 Å². The van der Waals surface area contributed by atoms with Crippen LogP contribution in [-0.4, -0.2) is 27.4 Å². The zero-order chi connectivity index (χ0) is 32.5. The predicted molar refractivity (Wildman–Crippen MR) is 197 cm³/mol. The SMILES string of the molecule is CC(C)N(c1ccc2c(c1)[CH]([Zr+2]([C]1=CC=CC1)=[C](c1ccccc1)c1ccccc1)c1cc(N(C(C)C)C(C)C)ccc1-2)C(C)C.[Cl-].[Cl-]. The molecule has 2 nitrogen and oxygen atoms in total. The number of benzene rings is 4. The van der Waals surface area contributed by atoms with Crippen LogP contribution in [0.4, 0.5) is 11.4 Å². The van der Waals surface area contributed by atoms with E-state index in [0.29, 0.717) is 27.8 Å². The molecule has 0 radical (unpaired) electrons.